The number of carbonyl (C=O) groups excluding carboxylic acids is 1. The number of fused-ring (bicyclic) bond motifs is 1. The average molecular weight is 506 g/mol. The highest BCUT2D eigenvalue weighted by Crippen LogP contribution is 2.41. The molecule has 3 aromatic rings. The summed E-state index contributed by atoms with van der Waals surface area (Å²) in [6.45, 7) is 7.83. The number of anilines is 1. The van der Waals surface area contributed by atoms with Crippen LogP contribution in [-0.4, -0.2) is 19.1 Å². The van der Waals surface area contributed by atoms with Crippen molar-refractivity contribution in [3.8, 4) is 11.5 Å². The maximum Gasteiger partial charge on any atom is 0.259 e. The molecule has 4 nitrogen and oxygen atoms in total. The van der Waals surface area contributed by atoms with Crippen LogP contribution in [0.2, 0.25) is 0 Å². The predicted octanol–water partition coefficient (Wildman–Crippen LogP) is 6.97. The topological polar surface area (TPSA) is 38.8 Å². The Morgan fingerprint density at radius 3 is 2.45 bits per heavy atom. The van der Waals surface area contributed by atoms with Gasteiger partial charge in [-0.15, -0.1) is 0 Å². The van der Waals surface area contributed by atoms with Crippen molar-refractivity contribution >= 4 is 39.2 Å². The van der Waals surface area contributed by atoms with E-state index in [4.69, 9.17) is 9.47 Å². The van der Waals surface area contributed by atoms with Crippen LogP contribution in [0.3, 0.4) is 0 Å². The molecule has 0 spiro atoms. The fourth-order valence-electron chi connectivity index (χ4n) is 3.96. The first-order chi connectivity index (χ1) is 16.0. The van der Waals surface area contributed by atoms with Crippen molar-refractivity contribution in [2.75, 3.05) is 18.1 Å². The molecule has 170 valence electrons. The van der Waals surface area contributed by atoms with Crippen LogP contribution >= 0.6 is 15.9 Å². The van der Waals surface area contributed by atoms with Gasteiger partial charge in [0.05, 0.1) is 16.8 Å². The van der Waals surface area contributed by atoms with E-state index in [1.165, 1.54) is 0 Å². The molecule has 0 bridgehead atoms. The molecule has 1 aliphatic rings. The van der Waals surface area contributed by atoms with E-state index in [2.05, 4.69) is 29.8 Å². The lowest BCUT2D eigenvalue weighted by Crippen LogP contribution is -2.30. The fraction of sp³-hybridized carbons (Fsp3) is 0.250. The molecule has 0 aliphatic carbocycles. The normalized spacial score (nSPS) is 14.2. The molecule has 0 N–H and O–H groups in total. The van der Waals surface area contributed by atoms with Crippen molar-refractivity contribution in [2.24, 2.45) is 5.92 Å². The molecule has 3 aromatic carbocycles. The molecule has 0 saturated heterocycles. The van der Waals surface area contributed by atoms with Crippen molar-refractivity contribution in [3.63, 3.8) is 0 Å². The molecule has 0 atom stereocenters. The van der Waals surface area contributed by atoms with Crippen LogP contribution in [0.5, 0.6) is 11.5 Å². The zero-order chi connectivity index (χ0) is 23.4. The third-order valence-electron chi connectivity index (χ3n) is 5.38. The van der Waals surface area contributed by atoms with Gasteiger partial charge in [0.2, 0.25) is 0 Å². The van der Waals surface area contributed by atoms with Crippen molar-refractivity contribution in [2.45, 2.75) is 27.4 Å². The third kappa shape index (κ3) is 5.14. The smallest absolute Gasteiger partial charge is 0.259 e. The van der Waals surface area contributed by atoms with Crippen molar-refractivity contribution < 1.29 is 14.3 Å². The first-order valence-electron chi connectivity index (χ1n) is 11.2. The highest BCUT2D eigenvalue weighted by Gasteiger charge is 2.32. The van der Waals surface area contributed by atoms with E-state index in [0.29, 0.717) is 42.7 Å². The largest absolute Gasteiger partial charge is 0.490 e. The standard InChI is InChI=1S/C28H28BrNO3/c1-4-32-26-16-21(15-24(29)27(26)33-18-20-10-6-5-7-11-20)14-23-22-12-8-9-13-25(22)30(28(23)31)17-19(2)3/h5-16,19H,4,17-18H2,1-3H3/b23-14-. The predicted molar refractivity (Wildman–Crippen MR) is 138 cm³/mol. The Balaban J connectivity index is 1.68. The number of para-hydroxylation sites is 1. The monoisotopic (exact) mass is 505 g/mol. The Hall–Kier alpha value is -3.05. The summed E-state index contributed by atoms with van der Waals surface area (Å²) in [4.78, 5) is 15.2. The SMILES string of the molecule is CCOc1cc(/C=C2\C(=O)N(CC(C)C)c3ccccc32)cc(Br)c1OCc1ccccc1. The Morgan fingerprint density at radius 1 is 1.00 bits per heavy atom. The number of halogens is 1. The number of carbonyl (C=O) groups is 1. The quantitative estimate of drug-likeness (QED) is 0.310. The molecule has 5 heteroatoms. The molecule has 0 saturated carbocycles. The number of hydrogen-bond acceptors (Lipinski definition) is 3. The number of rotatable bonds is 8. The average Bonchev–Trinajstić information content (AvgIpc) is 3.05. The lowest BCUT2D eigenvalue weighted by molar-refractivity contribution is -0.113. The van der Waals surface area contributed by atoms with Crippen LogP contribution in [0.4, 0.5) is 5.69 Å². The number of hydrogen-bond donors (Lipinski definition) is 0. The van der Waals surface area contributed by atoms with Crippen LogP contribution in [0, 0.1) is 5.92 Å². The molecule has 0 radical (unpaired) electrons. The lowest BCUT2D eigenvalue weighted by atomic mass is 10.0. The first-order valence-corrected chi connectivity index (χ1v) is 12.0. The van der Waals surface area contributed by atoms with E-state index in [9.17, 15) is 4.79 Å². The minimum Gasteiger partial charge on any atom is -0.490 e. The molecule has 4 rings (SSSR count). The molecule has 1 amide bonds. The van der Waals surface area contributed by atoms with Gasteiger partial charge in [-0.1, -0.05) is 62.4 Å². The molecular formula is C28H28BrNO3. The van der Waals surface area contributed by atoms with Crippen molar-refractivity contribution in [1.29, 1.82) is 0 Å². The summed E-state index contributed by atoms with van der Waals surface area (Å²) in [5.41, 5.74) is 4.58. The van der Waals surface area contributed by atoms with E-state index in [-0.39, 0.29) is 5.91 Å². The summed E-state index contributed by atoms with van der Waals surface area (Å²) in [7, 11) is 0. The molecule has 0 aromatic heterocycles. The van der Waals surface area contributed by atoms with Gasteiger partial charge < -0.3 is 14.4 Å². The second-order valence-electron chi connectivity index (χ2n) is 8.42. The molecule has 1 heterocycles. The Bertz CT molecular complexity index is 1170. The van der Waals surface area contributed by atoms with Gasteiger partial charge in [-0.3, -0.25) is 4.79 Å². The van der Waals surface area contributed by atoms with Gasteiger partial charge in [-0.05, 0) is 64.2 Å². The summed E-state index contributed by atoms with van der Waals surface area (Å²) >= 11 is 3.65. The summed E-state index contributed by atoms with van der Waals surface area (Å²) < 4.78 is 12.8. The van der Waals surface area contributed by atoms with Gasteiger partial charge >= 0.3 is 0 Å². The van der Waals surface area contributed by atoms with Gasteiger partial charge in [-0.25, -0.2) is 0 Å². The van der Waals surface area contributed by atoms with E-state index >= 15 is 0 Å². The van der Waals surface area contributed by atoms with Gasteiger partial charge in [-0.2, -0.15) is 0 Å². The van der Waals surface area contributed by atoms with E-state index < -0.39 is 0 Å². The maximum atomic E-state index is 13.3. The second-order valence-corrected chi connectivity index (χ2v) is 9.28. The van der Waals surface area contributed by atoms with Crippen LogP contribution in [0.15, 0.2) is 71.2 Å². The molecule has 0 unspecified atom stereocenters. The van der Waals surface area contributed by atoms with Crippen LogP contribution in [0.25, 0.3) is 11.6 Å². The molecular weight excluding hydrogens is 478 g/mol. The maximum absolute atomic E-state index is 13.3. The van der Waals surface area contributed by atoms with E-state index in [1.54, 1.807) is 0 Å². The summed E-state index contributed by atoms with van der Waals surface area (Å²) in [5, 5.41) is 0. The molecule has 33 heavy (non-hydrogen) atoms. The highest BCUT2D eigenvalue weighted by molar-refractivity contribution is 9.10. The van der Waals surface area contributed by atoms with Crippen LogP contribution < -0.4 is 14.4 Å². The number of amides is 1. The lowest BCUT2D eigenvalue weighted by Gasteiger charge is -2.19. The van der Waals surface area contributed by atoms with Gasteiger partial charge in [0.15, 0.2) is 11.5 Å². The summed E-state index contributed by atoms with van der Waals surface area (Å²) in [6, 6.07) is 21.9. The zero-order valence-electron chi connectivity index (χ0n) is 19.2. The van der Waals surface area contributed by atoms with Gasteiger partial charge in [0.1, 0.15) is 6.61 Å². The van der Waals surface area contributed by atoms with Crippen molar-refractivity contribution in [3.05, 3.63) is 87.9 Å². The minimum absolute atomic E-state index is 0.0309. The number of nitrogens with zero attached hydrogens (tertiary/aromatic N) is 1. The zero-order valence-corrected chi connectivity index (χ0v) is 20.8. The third-order valence-corrected chi connectivity index (χ3v) is 5.97. The summed E-state index contributed by atoms with van der Waals surface area (Å²) in [5.74, 6) is 1.71. The van der Waals surface area contributed by atoms with Gasteiger partial charge in [0.25, 0.3) is 5.91 Å². The molecule has 1 aliphatic heterocycles. The van der Waals surface area contributed by atoms with Crippen LogP contribution in [-0.2, 0) is 11.4 Å². The Labute approximate surface area is 204 Å². The first kappa shape index (κ1) is 23.1. The second kappa shape index (κ2) is 10.3. The Kier molecular flexibility index (Phi) is 7.19. The van der Waals surface area contributed by atoms with Crippen LogP contribution in [0.1, 0.15) is 37.5 Å². The van der Waals surface area contributed by atoms with Gasteiger partial charge in [0, 0.05) is 17.7 Å². The van der Waals surface area contributed by atoms with E-state index in [1.807, 2.05) is 84.6 Å². The van der Waals surface area contributed by atoms with Crippen molar-refractivity contribution in [1.82, 2.24) is 0 Å². The highest BCUT2D eigenvalue weighted by atomic mass is 79.9. The minimum atomic E-state index is 0.0309. The molecule has 0 fully saturated rings. The number of ether oxygens (including phenoxy) is 2. The number of benzene rings is 3. The fourth-order valence-corrected chi connectivity index (χ4v) is 4.54. The van der Waals surface area contributed by atoms with E-state index in [0.717, 1.165) is 26.9 Å². The Morgan fingerprint density at radius 2 is 1.73 bits per heavy atom. The summed E-state index contributed by atoms with van der Waals surface area (Å²) in [6.07, 6.45) is 1.94.